The molecule has 26 heavy (non-hydrogen) atoms. The van der Waals surface area contributed by atoms with Gasteiger partial charge in [-0.05, 0) is 57.2 Å². The lowest BCUT2D eigenvalue weighted by Crippen LogP contribution is -2.23. The van der Waals surface area contributed by atoms with Gasteiger partial charge in [0.1, 0.15) is 11.4 Å². The van der Waals surface area contributed by atoms with Gasteiger partial charge in [-0.2, -0.15) is 0 Å². The van der Waals surface area contributed by atoms with E-state index in [0.29, 0.717) is 17.1 Å². The van der Waals surface area contributed by atoms with E-state index in [2.05, 4.69) is 16.8 Å². The van der Waals surface area contributed by atoms with Crippen LogP contribution in [-0.2, 0) is 0 Å². The fourth-order valence-electron chi connectivity index (χ4n) is 2.43. The van der Waals surface area contributed by atoms with E-state index in [1.54, 1.807) is 12.1 Å². The minimum Gasteiger partial charge on any atom is -0.472 e. The molecule has 2 aromatic carbocycles. The van der Waals surface area contributed by atoms with Crippen LogP contribution >= 0.6 is 0 Å². The normalized spacial score (nSPS) is 10.8. The number of halogens is 1. The van der Waals surface area contributed by atoms with Crippen molar-refractivity contribution in [3.05, 3.63) is 83.7 Å². The second kappa shape index (κ2) is 7.41. The predicted octanol–water partition coefficient (Wildman–Crippen LogP) is 5.46. The molecule has 0 aliphatic rings. The zero-order chi connectivity index (χ0) is 18.6. The van der Waals surface area contributed by atoms with Crippen LogP contribution in [0.25, 0.3) is 11.3 Å². The van der Waals surface area contributed by atoms with Crippen molar-refractivity contribution in [2.45, 2.75) is 26.4 Å². The molecule has 0 aliphatic heterocycles. The Morgan fingerprint density at radius 1 is 0.885 bits per heavy atom. The highest BCUT2D eigenvalue weighted by molar-refractivity contribution is 5.69. The van der Waals surface area contributed by atoms with Crippen LogP contribution in [0.5, 0.6) is 5.88 Å². The van der Waals surface area contributed by atoms with Crippen molar-refractivity contribution in [3.63, 3.8) is 0 Å². The molecule has 2 nitrogen and oxygen atoms in total. The van der Waals surface area contributed by atoms with Crippen LogP contribution in [0.1, 0.15) is 31.9 Å². The fraction of sp³-hybridized carbons (Fsp3) is 0.174. The molecule has 3 aromatic rings. The molecule has 0 amide bonds. The Balaban J connectivity index is 2.02. The molecule has 3 rings (SSSR count). The number of nitrogens with zero attached hydrogens (tertiary/aromatic N) is 1. The smallest absolute Gasteiger partial charge is 0.214 e. The highest BCUT2D eigenvalue weighted by Gasteiger charge is 2.14. The number of pyridine rings is 1. The molecular formula is C23H20FNO. The van der Waals surface area contributed by atoms with Gasteiger partial charge in [0.25, 0.3) is 0 Å². The Morgan fingerprint density at radius 2 is 1.65 bits per heavy atom. The molecule has 1 heterocycles. The molecule has 0 unspecified atom stereocenters. The van der Waals surface area contributed by atoms with Gasteiger partial charge in [0.05, 0.1) is 5.69 Å². The number of benzene rings is 2. The third-order valence-electron chi connectivity index (χ3n) is 3.51. The van der Waals surface area contributed by atoms with Gasteiger partial charge in [0.15, 0.2) is 0 Å². The van der Waals surface area contributed by atoms with Crippen molar-refractivity contribution < 1.29 is 9.13 Å². The summed E-state index contributed by atoms with van der Waals surface area (Å²) in [5.74, 6) is 6.41. The highest BCUT2D eigenvalue weighted by atomic mass is 19.1. The highest BCUT2D eigenvalue weighted by Crippen LogP contribution is 2.26. The largest absolute Gasteiger partial charge is 0.472 e. The minimum atomic E-state index is -0.358. The maximum atomic E-state index is 13.9. The van der Waals surface area contributed by atoms with Crippen LogP contribution in [-0.4, -0.2) is 10.6 Å². The van der Waals surface area contributed by atoms with Crippen molar-refractivity contribution in [3.8, 4) is 29.0 Å². The first-order chi connectivity index (χ1) is 12.4. The van der Waals surface area contributed by atoms with E-state index in [-0.39, 0.29) is 11.4 Å². The molecule has 0 spiro atoms. The molecule has 0 N–H and O–H groups in total. The number of ether oxygens (including phenoxy) is 1. The Hall–Kier alpha value is -3.12. The molecular weight excluding hydrogens is 325 g/mol. The second-order valence-corrected chi connectivity index (χ2v) is 6.88. The first kappa shape index (κ1) is 17.7. The lowest BCUT2D eigenvalue weighted by Gasteiger charge is -2.20. The summed E-state index contributed by atoms with van der Waals surface area (Å²) in [5, 5.41) is 0. The van der Waals surface area contributed by atoms with Crippen molar-refractivity contribution in [1.82, 2.24) is 4.98 Å². The summed E-state index contributed by atoms with van der Waals surface area (Å²) in [6.45, 7) is 5.88. The van der Waals surface area contributed by atoms with Gasteiger partial charge in [-0.15, -0.1) is 0 Å². The molecule has 0 atom stereocenters. The maximum absolute atomic E-state index is 13.9. The molecule has 130 valence electrons. The quantitative estimate of drug-likeness (QED) is 0.575. The van der Waals surface area contributed by atoms with Crippen molar-refractivity contribution in [2.24, 2.45) is 0 Å². The summed E-state index contributed by atoms with van der Waals surface area (Å²) < 4.78 is 19.7. The number of hydrogen-bond acceptors (Lipinski definition) is 2. The van der Waals surface area contributed by atoms with Gasteiger partial charge in [-0.25, -0.2) is 9.37 Å². The van der Waals surface area contributed by atoms with Crippen LogP contribution in [0.2, 0.25) is 0 Å². The molecule has 0 saturated carbocycles. The van der Waals surface area contributed by atoms with E-state index < -0.39 is 0 Å². The predicted molar refractivity (Wildman–Crippen MR) is 102 cm³/mol. The van der Waals surface area contributed by atoms with Crippen molar-refractivity contribution in [1.29, 1.82) is 0 Å². The third kappa shape index (κ3) is 4.70. The van der Waals surface area contributed by atoms with Crippen LogP contribution in [0.3, 0.4) is 0 Å². The lowest BCUT2D eigenvalue weighted by atomic mass is 10.0. The summed E-state index contributed by atoms with van der Waals surface area (Å²) in [6.07, 6.45) is 0. The Bertz CT molecular complexity index is 963. The standard InChI is InChI=1S/C23H20FNO/c1-23(2,3)26-22-11-7-10-21(25-22)20-16-19(24)15-14-18(20)13-12-17-8-5-4-6-9-17/h4-11,14-16H,1-3H3. The van der Waals surface area contributed by atoms with Gasteiger partial charge in [-0.3, -0.25) is 0 Å². The van der Waals surface area contributed by atoms with E-state index >= 15 is 0 Å². The van der Waals surface area contributed by atoms with Crippen LogP contribution in [0.15, 0.2) is 66.7 Å². The Labute approximate surface area is 153 Å². The van der Waals surface area contributed by atoms with Crippen LogP contribution < -0.4 is 4.74 Å². The summed E-state index contributed by atoms with van der Waals surface area (Å²) >= 11 is 0. The van der Waals surface area contributed by atoms with Gasteiger partial charge in [0.2, 0.25) is 5.88 Å². The van der Waals surface area contributed by atoms with Gasteiger partial charge < -0.3 is 4.74 Å². The second-order valence-electron chi connectivity index (χ2n) is 6.88. The monoisotopic (exact) mass is 345 g/mol. The van der Waals surface area contributed by atoms with E-state index in [4.69, 9.17) is 4.74 Å². The summed E-state index contributed by atoms with van der Waals surface area (Å²) in [6, 6.07) is 19.7. The third-order valence-corrected chi connectivity index (χ3v) is 3.51. The topological polar surface area (TPSA) is 22.1 Å². The SMILES string of the molecule is CC(C)(C)Oc1cccc(-c2cc(F)ccc2C#Cc2ccccc2)n1. The summed E-state index contributed by atoms with van der Waals surface area (Å²) in [5.41, 5.74) is 2.54. The van der Waals surface area contributed by atoms with E-state index in [1.165, 1.54) is 12.1 Å². The molecule has 0 radical (unpaired) electrons. The van der Waals surface area contributed by atoms with Gasteiger partial charge >= 0.3 is 0 Å². The van der Waals surface area contributed by atoms with Gasteiger partial charge in [0, 0.05) is 22.8 Å². The minimum absolute atomic E-state index is 0.325. The average molecular weight is 345 g/mol. The zero-order valence-corrected chi connectivity index (χ0v) is 15.1. The number of aromatic nitrogens is 1. The molecule has 0 saturated heterocycles. The van der Waals surface area contributed by atoms with E-state index in [0.717, 1.165) is 11.1 Å². The van der Waals surface area contributed by atoms with Crippen LogP contribution in [0.4, 0.5) is 4.39 Å². The molecule has 0 fully saturated rings. The first-order valence-electron chi connectivity index (χ1n) is 8.44. The average Bonchev–Trinajstić information content (AvgIpc) is 2.60. The van der Waals surface area contributed by atoms with E-state index in [1.807, 2.05) is 63.2 Å². The molecule has 1 aromatic heterocycles. The van der Waals surface area contributed by atoms with Crippen LogP contribution in [0, 0.1) is 17.7 Å². The summed E-state index contributed by atoms with van der Waals surface area (Å²) in [7, 11) is 0. The first-order valence-corrected chi connectivity index (χ1v) is 8.44. The molecule has 0 bridgehead atoms. The lowest BCUT2D eigenvalue weighted by molar-refractivity contribution is 0.124. The zero-order valence-electron chi connectivity index (χ0n) is 15.1. The molecule has 3 heteroatoms. The Morgan fingerprint density at radius 3 is 2.38 bits per heavy atom. The van der Waals surface area contributed by atoms with Gasteiger partial charge in [-0.1, -0.05) is 36.1 Å². The van der Waals surface area contributed by atoms with Crippen molar-refractivity contribution >= 4 is 0 Å². The van der Waals surface area contributed by atoms with Crippen molar-refractivity contribution in [2.75, 3.05) is 0 Å². The number of rotatable bonds is 2. The van der Waals surface area contributed by atoms with E-state index in [9.17, 15) is 4.39 Å². The Kier molecular flexibility index (Phi) is 5.04. The molecule has 0 aliphatic carbocycles. The maximum Gasteiger partial charge on any atom is 0.214 e. The number of hydrogen-bond donors (Lipinski definition) is 0. The summed E-state index contributed by atoms with van der Waals surface area (Å²) in [4.78, 5) is 4.53. The fourth-order valence-corrected chi connectivity index (χ4v) is 2.43.